The molecule has 0 fully saturated rings. The standard InChI is InChI=1S/C49H35N3O/c1-3-11-32(12-4-1)35-19-24-37(25-20-35)41-29-30-44-45(42-17-9-10-18-43(42)53-44)46(41)49-51-47(38-26-21-36(22-27-38)33-13-5-2-6-14-33)50-48(52-49)40-28-23-34-15-7-8-16-39(34)31-40/h1-31,47,49,51H,(H,50,52). The maximum Gasteiger partial charge on any atom is 0.135 e. The molecule has 0 spiro atoms. The Morgan fingerprint density at radius 2 is 1.04 bits per heavy atom. The van der Waals surface area contributed by atoms with Gasteiger partial charge in [-0.15, -0.1) is 0 Å². The van der Waals surface area contributed by atoms with E-state index >= 15 is 0 Å². The Balaban J connectivity index is 1.14. The van der Waals surface area contributed by atoms with E-state index in [0.29, 0.717) is 0 Å². The number of furan rings is 1. The Bertz CT molecular complexity index is 2770. The summed E-state index contributed by atoms with van der Waals surface area (Å²) in [6.45, 7) is 0. The molecule has 0 bridgehead atoms. The van der Waals surface area contributed by atoms with Crippen molar-refractivity contribution in [2.24, 2.45) is 4.99 Å². The van der Waals surface area contributed by atoms with Crippen LogP contribution in [-0.4, -0.2) is 5.84 Å². The first-order chi connectivity index (χ1) is 26.2. The van der Waals surface area contributed by atoms with E-state index in [4.69, 9.17) is 9.41 Å². The molecule has 4 nitrogen and oxygen atoms in total. The number of hydrogen-bond donors (Lipinski definition) is 2. The summed E-state index contributed by atoms with van der Waals surface area (Å²) in [5.41, 5.74) is 12.0. The fourth-order valence-corrected chi connectivity index (χ4v) is 7.72. The molecule has 53 heavy (non-hydrogen) atoms. The molecular weight excluding hydrogens is 647 g/mol. The fourth-order valence-electron chi connectivity index (χ4n) is 7.72. The van der Waals surface area contributed by atoms with Crippen LogP contribution < -0.4 is 10.6 Å². The highest BCUT2D eigenvalue weighted by atomic mass is 16.3. The van der Waals surface area contributed by atoms with E-state index in [0.717, 1.165) is 55.6 Å². The van der Waals surface area contributed by atoms with E-state index in [1.54, 1.807) is 0 Å². The first kappa shape index (κ1) is 31.0. The van der Waals surface area contributed by atoms with Gasteiger partial charge in [-0.3, -0.25) is 5.32 Å². The molecule has 252 valence electrons. The average Bonchev–Trinajstić information content (AvgIpc) is 3.63. The third kappa shape index (κ3) is 5.76. The van der Waals surface area contributed by atoms with Crippen molar-refractivity contribution in [3.8, 4) is 33.4 Å². The SMILES string of the molecule is c1ccc(-c2ccc(-c3ccc4oc5ccccc5c4c3C3NC(c4ccc5ccccc5c4)=NC(c4ccc(-c5ccccc5)cc4)N3)cc2)cc1. The van der Waals surface area contributed by atoms with Gasteiger partial charge in [0.2, 0.25) is 0 Å². The Morgan fingerprint density at radius 1 is 0.453 bits per heavy atom. The van der Waals surface area contributed by atoms with Crippen LogP contribution in [0.25, 0.3) is 66.1 Å². The molecule has 4 heteroatoms. The Kier molecular flexibility index (Phi) is 7.67. The molecule has 0 radical (unpaired) electrons. The minimum absolute atomic E-state index is 0.304. The second-order valence-electron chi connectivity index (χ2n) is 13.6. The molecule has 0 aliphatic carbocycles. The van der Waals surface area contributed by atoms with Crippen molar-refractivity contribution in [1.29, 1.82) is 0 Å². The third-order valence-electron chi connectivity index (χ3n) is 10.4. The quantitative estimate of drug-likeness (QED) is 0.184. The number of nitrogens with zero attached hydrogens (tertiary/aromatic N) is 1. The van der Waals surface area contributed by atoms with Gasteiger partial charge in [-0.2, -0.15) is 0 Å². The monoisotopic (exact) mass is 681 g/mol. The van der Waals surface area contributed by atoms with Crippen LogP contribution in [0.5, 0.6) is 0 Å². The number of benzene rings is 8. The molecule has 1 aliphatic heterocycles. The van der Waals surface area contributed by atoms with Crippen LogP contribution in [0.1, 0.15) is 29.0 Å². The number of nitrogens with one attached hydrogen (secondary N) is 2. The summed E-state index contributed by atoms with van der Waals surface area (Å²) in [5.74, 6) is 0.840. The lowest BCUT2D eigenvalue weighted by Crippen LogP contribution is -2.45. The van der Waals surface area contributed by atoms with Crippen LogP contribution in [-0.2, 0) is 0 Å². The Morgan fingerprint density at radius 3 is 1.77 bits per heavy atom. The minimum atomic E-state index is -0.311. The smallest absolute Gasteiger partial charge is 0.135 e. The van der Waals surface area contributed by atoms with Crippen LogP contribution in [0.15, 0.2) is 197 Å². The van der Waals surface area contributed by atoms with Crippen molar-refractivity contribution in [1.82, 2.24) is 10.6 Å². The van der Waals surface area contributed by atoms with E-state index in [1.807, 2.05) is 12.1 Å². The van der Waals surface area contributed by atoms with Gasteiger partial charge < -0.3 is 9.73 Å². The van der Waals surface area contributed by atoms with Crippen molar-refractivity contribution in [3.05, 3.63) is 205 Å². The molecule has 2 N–H and O–H groups in total. The molecule has 0 amide bonds. The van der Waals surface area contributed by atoms with Crippen LogP contribution in [0.2, 0.25) is 0 Å². The van der Waals surface area contributed by atoms with E-state index in [9.17, 15) is 0 Å². The summed E-state index contributed by atoms with van der Waals surface area (Å²) in [6, 6.07) is 66.4. The summed E-state index contributed by atoms with van der Waals surface area (Å²) in [4.78, 5) is 5.36. The summed E-state index contributed by atoms with van der Waals surface area (Å²) < 4.78 is 6.49. The molecule has 0 saturated carbocycles. The molecule has 9 aromatic rings. The lowest BCUT2D eigenvalue weighted by molar-refractivity contribution is 0.411. The number of hydrogen-bond acceptors (Lipinski definition) is 4. The predicted octanol–water partition coefficient (Wildman–Crippen LogP) is 12.1. The van der Waals surface area contributed by atoms with Crippen molar-refractivity contribution in [3.63, 3.8) is 0 Å². The second kappa shape index (κ2) is 13.1. The highest BCUT2D eigenvalue weighted by molar-refractivity contribution is 6.10. The van der Waals surface area contributed by atoms with E-state index in [2.05, 4.69) is 187 Å². The maximum absolute atomic E-state index is 6.49. The van der Waals surface area contributed by atoms with Crippen molar-refractivity contribution < 1.29 is 4.42 Å². The van der Waals surface area contributed by atoms with Crippen LogP contribution in [0.3, 0.4) is 0 Å². The van der Waals surface area contributed by atoms with Gasteiger partial charge in [0, 0.05) is 21.9 Å². The molecule has 1 aromatic heterocycles. The number of para-hydroxylation sites is 1. The average molecular weight is 682 g/mol. The Hall–Kier alpha value is -6.75. The van der Waals surface area contributed by atoms with Crippen molar-refractivity contribution in [2.45, 2.75) is 12.3 Å². The van der Waals surface area contributed by atoms with E-state index in [-0.39, 0.29) is 12.3 Å². The molecule has 8 aromatic carbocycles. The highest BCUT2D eigenvalue weighted by Crippen LogP contribution is 2.41. The van der Waals surface area contributed by atoms with Gasteiger partial charge in [0.25, 0.3) is 0 Å². The highest BCUT2D eigenvalue weighted by Gasteiger charge is 2.30. The molecule has 2 unspecified atom stereocenters. The number of rotatable bonds is 6. The van der Waals surface area contributed by atoms with Crippen LogP contribution in [0, 0.1) is 0 Å². The van der Waals surface area contributed by atoms with Gasteiger partial charge in [0.05, 0.1) is 0 Å². The van der Waals surface area contributed by atoms with Crippen molar-refractivity contribution in [2.75, 3.05) is 0 Å². The molecular formula is C49H35N3O. The van der Waals surface area contributed by atoms with Gasteiger partial charge in [-0.25, -0.2) is 4.99 Å². The van der Waals surface area contributed by atoms with E-state index in [1.165, 1.54) is 33.0 Å². The number of fused-ring (bicyclic) bond motifs is 4. The third-order valence-corrected chi connectivity index (χ3v) is 10.4. The lowest BCUT2D eigenvalue weighted by Gasteiger charge is -2.33. The molecule has 2 heterocycles. The first-order valence-corrected chi connectivity index (χ1v) is 18.1. The number of aliphatic imine (C=N–C) groups is 1. The maximum atomic E-state index is 6.49. The van der Waals surface area contributed by atoms with Gasteiger partial charge in [0.1, 0.15) is 29.3 Å². The lowest BCUT2D eigenvalue weighted by atomic mass is 9.91. The van der Waals surface area contributed by atoms with Crippen LogP contribution >= 0.6 is 0 Å². The molecule has 10 rings (SSSR count). The van der Waals surface area contributed by atoms with Gasteiger partial charge in [-0.05, 0) is 67.9 Å². The summed E-state index contributed by atoms with van der Waals surface area (Å²) in [6.07, 6.45) is -0.615. The van der Waals surface area contributed by atoms with Crippen LogP contribution in [0.4, 0.5) is 0 Å². The largest absolute Gasteiger partial charge is 0.456 e. The summed E-state index contributed by atoms with van der Waals surface area (Å²) in [5, 5.41) is 12.4. The minimum Gasteiger partial charge on any atom is -0.456 e. The molecule has 1 aliphatic rings. The summed E-state index contributed by atoms with van der Waals surface area (Å²) >= 11 is 0. The number of amidine groups is 1. The predicted molar refractivity (Wildman–Crippen MR) is 219 cm³/mol. The topological polar surface area (TPSA) is 49.6 Å². The first-order valence-electron chi connectivity index (χ1n) is 18.1. The molecule has 2 atom stereocenters. The van der Waals surface area contributed by atoms with Gasteiger partial charge in [-0.1, -0.05) is 170 Å². The zero-order valence-electron chi connectivity index (χ0n) is 28.9. The Labute approximate surface area is 308 Å². The summed E-state index contributed by atoms with van der Waals surface area (Å²) in [7, 11) is 0. The van der Waals surface area contributed by atoms with Gasteiger partial charge >= 0.3 is 0 Å². The normalized spacial score (nSPS) is 15.7. The zero-order chi connectivity index (χ0) is 35.1. The van der Waals surface area contributed by atoms with Crippen molar-refractivity contribution >= 4 is 38.5 Å². The second-order valence-corrected chi connectivity index (χ2v) is 13.6. The fraction of sp³-hybridized carbons (Fsp3) is 0.0408. The van der Waals surface area contributed by atoms with E-state index < -0.39 is 0 Å². The van der Waals surface area contributed by atoms with Gasteiger partial charge in [0.15, 0.2) is 0 Å². The molecule has 0 saturated heterocycles. The zero-order valence-corrected chi connectivity index (χ0v) is 28.9.